The maximum atomic E-state index is 13.1. The van der Waals surface area contributed by atoms with Crippen molar-refractivity contribution in [1.82, 2.24) is 0 Å². The van der Waals surface area contributed by atoms with Gasteiger partial charge in [-0.3, -0.25) is 14.9 Å². The topological polar surface area (TPSA) is 92.5 Å². The number of phenols is 1. The van der Waals surface area contributed by atoms with Gasteiger partial charge < -0.3 is 10.4 Å². The zero-order chi connectivity index (χ0) is 15.6. The van der Waals surface area contributed by atoms with Gasteiger partial charge >= 0.3 is 5.69 Å². The predicted molar refractivity (Wildman–Crippen MR) is 76.8 cm³/mol. The van der Waals surface area contributed by atoms with E-state index >= 15 is 0 Å². The highest BCUT2D eigenvalue weighted by atomic mass is 79.9. The number of hydrogen-bond acceptors (Lipinski definition) is 4. The highest BCUT2D eigenvalue weighted by molar-refractivity contribution is 9.10. The molecule has 0 saturated carbocycles. The van der Waals surface area contributed by atoms with E-state index in [1.165, 1.54) is 24.3 Å². The number of rotatable bonds is 3. The van der Waals surface area contributed by atoms with E-state index in [1.807, 2.05) is 0 Å². The molecular weight excluding hydrogens is 347 g/mol. The lowest BCUT2D eigenvalue weighted by Gasteiger charge is -2.06. The molecule has 0 atom stereocenters. The summed E-state index contributed by atoms with van der Waals surface area (Å²) in [7, 11) is 0. The molecule has 0 heterocycles. The Morgan fingerprint density at radius 1 is 1.29 bits per heavy atom. The maximum absolute atomic E-state index is 13.1. The molecule has 2 rings (SSSR count). The zero-order valence-electron chi connectivity index (χ0n) is 10.3. The summed E-state index contributed by atoms with van der Waals surface area (Å²) in [6, 6.07) is 7.15. The lowest BCUT2D eigenvalue weighted by atomic mass is 10.1. The van der Waals surface area contributed by atoms with Crippen LogP contribution in [0.3, 0.4) is 0 Å². The van der Waals surface area contributed by atoms with Crippen molar-refractivity contribution in [3.05, 3.63) is 62.4 Å². The third-order valence-electron chi connectivity index (χ3n) is 2.61. The number of anilines is 1. The first-order chi connectivity index (χ1) is 9.88. The van der Waals surface area contributed by atoms with Crippen LogP contribution in [0.1, 0.15) is 10.4 Å². The molecule has 6 nitrogen and oxygen atoms in total. The number of hydrogen-bond donors (Lipinski definition) is 2. The number of nitro benzene ring substituents is 1. The van der Waals surface area contributed by atoms with Gasteiger partial charge in [0.15, 0.2) is 5.75 Å². The number of phenolic OH excluding ortho intramolecular Hbond substituents is 1. The first kappa shape index (κ1) is 14.9. The van der Waals surface area contributed by atoms with E-state index in [0.717, 1.165) is 12.1 Å². The van der Waals surface area contributed by atoms with Gasteiger partial charge in [0.1, 0.15) is 5.82 Å². The molecule has 0 bridgehead atoms. The van der Waals surface area contributed by atoms with Crippen molar-refractivity contribution in [2.75, 3.05) is 5.32 Å². The van der Waals surface area contributed by atoms with E-state index in [-0.39, 0.29) is 10.0 Å². The van der Waals surface area contributed by atoms with Gasteiger partial charge in [0.2, 0.25) is 0 Å². The lowest BCUT2D eigenvalue weighted by molar-refractivity contribution is -0.385. The molecule has 0 saturated heterocycles. The molecule has 21 heavy (non-hydrogen) atoms. The molecule has 2 aromatic rings. The Bertz CT molecular complexity index is 736. The first-order valence-electron chi connectivity index (χ1n) is 5.62. The third kappa shape index (κ3) is 3.34. The van der Waals surface area contributed by atoms with E-state index < -0.39 is 28.1 Å². The van der Waals surface area contributed by atoms with E-state index in [1.54, 1.807) is 0 Å². The number of amides is 1. The number of carbonyl (C=O) groups is 1. The SMILES string of the molecule is O=C(Nc1ccc(F)c(Br)c1)c1ccc([N+](=O)[O-])c(O)c1. The van der Waals surface area contributed by atoms with Gasteiger partial charge in [-0.1, -0.05) is 0 Å². The van der Waals surface area contributed by atoms with E-state index in [0.29, 0.717) is 5.69 Å². The number of aromatic hydroxyl groups is 1. The second-order valence-corrected chi connectivity index (χ2v) is 4.90. The molecule has 0 radical (unpaired) electrons. The molecule has 1 amide bonds. The molecule has 108 valence electrons. The minimum absolute atomic E-state index is 0.0403. The summed E-state index contributed by atoms with van der Waals surface area (Å²) >= 11 is 2.99. The number of benzene rings is 2. The number of carbonyl (C=O) groups excluding carboxylic acids is 1. The van der Waals surface area contributed by atoms with Crippen molar-refractivity contribution >= 4 is 33.2 Å². The van der Waals surface area contributed by atoms with E-state index in [2.05, 4.69) is 21.2 Å². The molecule has 2 N–H and O–H groups in total. The Kier molecular flexibility index (Phi) is 4.18. The highest BCUT2D eigenvalue weighted by Gasteiger charge is 2.16. The second-order valence-electron chi connectivity index (χ2n) is 4.04. The smallest absolute Gasteiger partial charge is 0.310 e. The van der Waals surface area contributed by atoms with Crippen LogP contribution in [0.25, 0.3) is 0 Å². The van der Waals surface area contributed by atoms with Crippen LogP contribution >= 0.6 is 15.9 Å². The normalized spacial score (nSPS) is 10.2. The molecule has 0 aromatic heterocycles. The quantitative estimate of drug-likeness (QED) is 0.652. The summed E-state index contributed by atoms with van der Waals surface area (Å²) in [5, 5.41) is 22.5. The molecular formula is C13H8BrFN2O4. The van der Waals surface area contributed by atoms with Crippen LogP contribution in [0.2, 0.25) is 0 Å². The van der Waals surface area contributed by atoms with Crippen LogP contribution in [-0.4, -0.2) is 15.9 Å². The van der Waals surface area contributed by atoms with Gasteiger partial charge in [0.05, 0.1) is 9.40 Å². The van der Waals surface area contributed by atoms with Gasteiger partial charge in [-0.15, -0.1) is 0 Å². The Labute approximate surface area is 126 Å². The molecule has 0 aliphatic heterocycles. The summed E-state index contributed by atoms with van der Waals surface area (Å²) in [6.07, 6.45) is 0. The molecule has 2 aromatic carbocycles. The fourth-order valence-electron chi connectivity index (χ4n) is 1.60. The summed E-state index contributed by atoms with van der Waals surface area (Å²) < 4.78 is 13.3. The van der Waals surface area contributed by atoms with Crippen LogP contribution in [0, 0.1) is 15.9 Å². The van der Waals surface area contributed by atoms with Crippen molar-refractivity contribution < 1.29 is 19.2 Å². The molecule has 0 spiro atoms. The van der Waals surface area contributed by atoms with Gasteiger partial charge in [-0.05, 0) is 46.3 Å². The van der Waals surface area contributed by atoms with Crippen LogP contribution in [0.15, 0.2) is 40.9 Å². The Morgan fingerprint density at radius 3 is 2.57 bits per heavy atom. The van der Waals surface area contributed by atoms with Crippen molar-refractivity contribution in [3.63, 3.8) is 0 Å². The maximum Gasteiger partial charge on any atom is 0.310 e. The summed E-state index contributed by atoms with van der Waals surface area (Å²) in [6.45, 7) is 0. The first-order valence-corrected chi connectivity index (χ1v) is 6.41. The number of halogens is 2. The third-order valence-corrected chi connectivity index (χ3v) is 3.22. The lowest BCUT2D eigenvalue weighted by Crippen LogP contribution is -2.12. The number of nitrogens with zero attached hydrogens (tertiary/aromatic N) is 1. The van der Waals surface area contributed by atoms with Crippen LogP contribution in [0.5, 0.6) is 5.75 Å². The van der Waals surface area contributed by atoms with E-state index in [9.17, 15) is 24.4 Å². The summed E-state index contributed by atoms with van der Waals surface area (Å²) in [4.78, 5) is 21.8. The number of nitro groups is 1. The minimum atomic E-state index is -0.756. The average molecular weight is 355 g/mol. The summed E-state index contributed by atoms with van der Waals surface area (Å²) in [5.41, 5.74) is -0.110. The van der Waals surface area contributed by atoms with Gasteiger partial charge in [0.25, 0.3) is 5.91 Å². The molecule has 0 unspecified atom stereocenters. The second kappa shape index (κ2) is 5.88. The molecule has 0 fully saturated rings. The fraction of sp³-hybridized carbons (Fsp3) is 0. The predicted octanol–water partition coefficient (Wildman–Crippen LogP) is 3.45. The Balaban J connectivity index is 2.22. The summed E-state index contributed by atoms with van der Waals surface area (Å²) in [5.74, 6) is -1.66. The molecule has 0 aliphatic carbocycles. The van der Waals surface area contributed by atoms with E-state index in [4.69, 9.17) is 0 Å². The van der Waals surface area contributed by atoms with Crippen molar-refractivity contribution in [3.8, 4) is 5.75 Å². The van der Waals surface area contributed by atoms with Gasteiger partial charge in [-0.2, -0.15) is 0 Å². The molecule has 0 aliphatic rings. The number of nitrogens with one attached hydrogen (secondary N) is 1. The monoisotopic (exact) mass is 354 g/mol. The Hall–Kier alpha value is -2.48. The molecule has 8 heteroatoms. The van der Waals surface area contributed by atoms with Crippen LogP contribution in [0.4, 0.5) is 15.8 Å². The minimum Gasteiger partial charge on any atom is -0.502 e. The van der Waals surface area contributed by atoms with Crippen molar-refractivity contribution in [2.45, 2.75) is 0 Å². The fourth-order valence-corrected chi connectivity index (χ4v) is 1.98. The standard InChI is InChI=1S/C13H8BrFN2O4/c14-9-6-8(2-3-10(9)15)16-13(19)7-1-4-11(17(20)21)12(18)5-7/h1-6,18H,(H,16,19). The zero-order valence-corrected chi connectivity index (χ0v) is 11.9. The van der Waals surface area contributed by atoms with Gasteiger partial charge in [0, 0.05) is 17.3 Å². The average Bonchev–Trinajstić information content (AvgIpc) is 2.42. The van der Waals surface area contributed by atoms with Crippen molar-refractivity contribution in [1.29, 1.82) is 0 Å². The van der Waals surface area contributed by atoms with Crippen LogP contribution < -0.4 is 5.32 Å². The largest absolute Gasteiger partial charge is 0.502 e. The Morgan fingerprint density at radius 2 is 2.00 bits per heavy atom. The van der Waals surface area contributed by atoms with Gasteiger partial charge in [-0.25, -0.2) is 4.39 Å². The van der Waals surface area contributed by atoms with Crippen LogP contribution in [-0.2, 0) is 0 Å². The van der Waals surface area contributed by atoms with Crippen molar-refractivity contribution in [2.24, 2.45) is 0 Å². The highest BCUT2D eigenvalue weighted by Crippen LogP contribution is 2.27.